The van der Waals surface area contributed by atoms with Crippen LogP contribution in [0.3, 0.4) is 0 Å². The van der Waals surface area contributed by atoms with E-state index in [4.69, 9.17) is 0 Å². The lowest BCUT2D eigenvalue weighted by atomic mass is 9.96. The van der Waals surface area contributed by atoms with Crippen LogP contribution in [0.15, 0.2) is 42.5 Å². The molecule has 0 spiro atoms. The normalized spacial score (nSPS) is 24.1. The minimum atomic E-state index is 0.425. The third kappa shape index (κ3) is 2.73. The SMILES string of the molecule is CC(NCC1CCCC1C)c1cccc2ccccc12. The van der Waals surface area contributed by atoms with Crippen LogP contribution in [0, 0.1) is 11.8 Å². The molecule has 1 N–H and O–H groups in total. The highest BCUT2D eigenvalue weighted by molar-refractivity contribution is 5.86. The van der Waals surface area contributed by atoms with Gasteiger partial charge in [-0.25, -0.2) is 0 Å². The van der Waals surface area contributed by atoms with Gasteiger partial charge in [-0.1, -0.05) is 62.2 Å². The van der Waals surface area contributed by atoms with Crippen LogP contribution in [0.2, 0.25) is 0 Å². The Morgan fingerprint density at radius 3 is 2.70 bits per heavy atom. The molecule has 20 heavy (non-hydrogen) atoms. The molecular formula is C19H25N. The highest BCUT2D eigenvalue weighted by Crippen LogP contribution is 2.31. The summed E-state index contributed by atoms with van der Waals surface area (Å²) in [5.74, 6) is 1.76. The summed E-state index contributed by atoms with van der Waals surface area (Å²) in [6.45, 7) is 5.86. The van der Waals surface area contributed by atoms with Crippen molar-refractivity contribution in [3.8, 4) is 0 Å². The average Bonchev–Trinajstić information content (AvgIpc) is 2.89. The van der Waals surface area contributed by atoms with E-state index < -0.39 is 0 Å². The van der Waals surface area contributed by atoms with Gasteiger partial charge in [0.05, 0.1) is 0 Å². The Hall–Kier alpha value is -1.34. The Labute approximate surface area is 122 Å². The van der Waals surface area contributed by atoms with Crippen LogP contribution in [0.25, 0.3) is 10.8 Å². The molecule has 3 atom stereocenters. The van der Waals surface area contributed by atoms with Gasteiger partial charge in [0.1, 0.15) is 0 Å². The smallest absolute Gasteiger partial charge is 0.0298 e. The number of hydrogen-bond donors (Lipinski definition) is 1. The summed E-state index contributed by atoms with van der Waals surface area (Å²) in [6.07, 6.45) is 4.22. The van der Waals surface area contributed by atoms with Crippen molar-refractivity contribution in [2.75, 3.05) is 6.54 Å². The lowest BCUT2D eigenvalue weighted by Gasteiger charge is -2.21. The first kappa shape index (κ1) is 13.6. The van der Waals surface area contributed by atoms with Gasteiger partial charge in [-0.2, -0.15) is 0 Å². The monoisotopic (exact) mass is 267 g/mol. The highest BCUT2D eigenvalue weighted by atomic mass is 14.9. The topological polar surface area (TPSA) is 12.0 Å². The van der Waals surface area contributed by atoms with Crippen LogP contribution in [0.4, 0.5) is 0 Å². The van der Waals surface area contributed by atoms with E-state index in [1.807, 2.05) is 0 Å². The van der Waals surface area contributed by atoms with E-state index in [1.165, 1.54) is 35.6 Å². The Balaban J connectivity index is 1.73. The zero-order valence-electron chi connectivity index (χ0n) is 12.6. The van der Waals surface area contributed by atoms with Crippen LogP contribution in [-0.2, 0) is 0 Å². The van der Waals surface area contributed by atoms with E-state index in [1.54, 1.807) is 0 Å². The van der Waals surface area contributed by atoms with Gasteiger partial charge in [0, 0.05) is 6.04 Å². The van der Waals surface area contributed by atoms with Crippen molar-refractivity contribution >= 4 is 10.8 Å². The van der Waals surface area contributed by atoms with Crippen molar-refractivity contribution in [1.82, 2.24) is 5.32 Å². The first-order valence-corrected chi connectivity index (χ1v) is 7.97. The molecule has 0 radical (unpaired) electrons. The van der Waals surface area contributed by atoms with Crippen LogP contribution >= 0.6 is 0 Å². The summed E-state index contributed by atoms with van der Waals surface area (Å²) in [5, 5.41) is 6.49. The van der Waals surface area contributed by atoms with E-state index >= 15 is 0 Å². The minimum Gasteiger partial charge on any atom is -0.310 e. The second kappa shape index (κ2) is 5.97. The second-order valence-electron chi connectivity index (χ2n) is 6.37. The highest BCUT2D eigenvalue weighted by Gasteiger charge is 2.23. The number of benzene rings is 2. The van der Waals surface area contributed by atoms with E-state index in [0.717, 1.165) is 18.4 Å². The Morgan fingerprint density at radius 1 is 1.10 bits per heavy atom. The molecule has 1 nitrogen and oxygen atoms in total. The molecule has 0 aromatic heterocycles. The molecule has 0 bridgehead atoms. The van der Waals surface area contributed by atoms with Crippen molar-refractivity contribution in [2.45, 2.75) is 39.2 Å². The van der Waals surface area contributed by atoms with E-state index in [-0.39, 0.29) is 0 Å². The number of nitrogens with one attached hydrogen (secondary N) is 1. The maximum atomic E-state index is 3.76. The lowest BCUT2D eigenvalue weighted by Crippen LogP contribution is -2.27. The number of hydrogen-bond acceptors (Lipinski definition) is 1. The minimum absolute atomic E-state index is 0.425. The Bertz CT molecular complexity index is 569. The molecule has 2 aromatic carbocycles. The fourth-order valence-electron chi connectivity index (χ4n) is 3.59. The molecule has 0 amide bonds. The molecule has 106 valence electrons. The molecule has 2 aromatic rings. The van der Waals surface area contributed by atoms with Crippen LogP contribution < -0.4 is 5.32 Å². The molecule has 3 rings (SSSR count). The first-order valence-electron chi connectivity index (χ1n) is 7.97. The quantitative estimate of drug-likeness (QED) is 0.828. The predicted octanol–water partition coefficient (Wildman–Crippen LogP) is 4.93. The van der Waals surface area contributed by atoms with E-state index in [0.29, 0.717) is 6.04 Å². The number of rotatable bonds is 4. The molecule has 0 saturated heterocycles. The van der Waals surface area contributed by atoms with Crippen LogP contribution in [0.5, 0.6) is 0 Å². The van der Waals surface area contributed by atoms with Gasteiger partial charge < -0.3 is 5.32 Å². The average molecular weight is 267 g/mol. The maximum absolute atomic E-state index is 3.76. The standard InChI is InChI=1S/C19H25N/c1-14-7-5-10-17(14)13-20-15(2)18-12-6-9-16-8-3-4-11-19(16)18/h3-4,6,8-9,11-12,14-15,17,20H,5,7,10,13H2,1-2H3. The Kier molecular flexibility index (Phi) is 4.07. The van der Waals surface area contributed by atoms with Crippen LogP contribution in [0.1, 0.15) is 44.7 Å². The van der Waals surface area contributed by atoms with Gasteiger partial charge >= 0.3 is 0 Å². The first-order chi connectivity index (χ1) is 9.75. The van der Waals surface area contributed by atoms with Gasteiger partial charge in [-0.15, -0.1) is 0 Å². The summed E-state index contributed by atoms with van der Waals surface area (Å²) < 4.78 is 0. The predicted molar refractivity (Wildman–Crippen MR) is 86.9 cm³/mol. The zero-order chi connectivity index (χ0) is 13.9. The van der Waals surface area contributed by atoms with Crippen molar-refractivity contribution in [1.29, 1.82) is 0 Å². The van der Waals surface area contributed by atoms with Gasteiger partial charge in [0.2, 0.25) is 0 Å². The van der Waals surface area contributed by atoms with Gasteiger partial charge in [0.25, 0.3) is 0 Å². The largest absolute Gasteiger partial charge is 0.310 e. The van der Waals surface area contributed by atoms with Crippen molar-refractivity contribution in [3.63, 3.8) is 0 Å². The molecule has 1 heteroatoms. The summed E-state index contributed by atoms with van der Waals surface area (Å²) >= 11 is 0. The van der Waals surface area contributed by atoms with E-state index in [9.17, 15) is 0 Å². The van der Waals surface area contributed by atoms with Crippen molar-refractivity contribution in [2.24, 2.45) is 11.8 Å². The molecular weight excluding hydrogens is 242 g/mol. The second-order valence-corrected chi connectivity index (χ2v) is 6.37. The molecule has 3 unspecified atom stereocenters. The molecule has 1 aliphatic carbocycles. The molecule has 1 saturated carbocycles. The van der Waals surface area contributed by atoms with Gasteiger partial charge in [0.15, 0.2) is 0 Å². The van der Waals surface area contributed by atoms with Crippen molar-refractivity contribution in [3.05, 3.63) is 48.0 Å². The number of fused-ring (bicyclic) bond motifs is 1. The molecule has 0 aliphatic heterocycles. The molecule has 1 aliphatic rings. The van der Waals surface area contributed by atoms with E-state index in [2.05, 4.69) is 61.6 Å². The fourth-order valence-corrected chi connectivity index (χ4v) is 3.59. The summed E-state index contributed by atoms with van der Waals surface area (Å²) in [7, 11) is 0. The third-order valence-electron chi connectivity index (χ3n) is 5.02. The maximum Gasteiger partial charge on any atom is 0.0298 e. The molecule has 1 fully saturated rings. The lowest BCUT2D eigenvalue weighted by molar-refractivity contribution is 0.375. The Morgan fingerprint density at radius 2 is 1.90 bits per heavy atom. The van der Waals surface area contributed by atoms with Gasteiger partial charge in [-0.05, 0) is 48.1 Å². The third-order valence-corrected chi connectivity index (χ3v) is 5.02. The zero-order valence-corrected chi connectivity index (χ0v) is 12.6. The van der Waals surface area contributed by atoms with Crippen molar-refractivity contribution < 1.29 is 0 Å². The fraction of sp³-hybridized carbons (Fsp3) is 0.474. The summed E-state index contributed by atoms with van der Waals surface area (Å²) in [4.78, 5) is 0. The van der Waals surface area contributed by atoms with Crippen LogP contribution in [-0.4, -0.2) is 6.54 Å². The molecule has 0 heterocycles. The summed E-state index contributed by atoms with van der Waals surface area (Å²) in [5.41, 5.74) is 1.42. The van der Waals surface area contributed by atoms with Gasteiger partial charge in [-0.3, -0.25) is 0 Å². The summed E-state index contributed by atoms with van der Waals surface area (Å²) in [6, 6.07) is 15.7.